The second kappa shape index (κ2) is 5.01. The summed E-state index contributed by atoms with van der Waals surface area (Å²) in [4.78, 5) is 12.2. The summed E-state index contributed by atoms with van der Waals surface area (Å²) in [5, 5.41) is 19.8. The van der Waals surface area contributed by atoms with Crippen molar-refractivity contribution >= 4 is 16.8 Å². The highest BCUT2D eigenvalue weighted by molar-refractivity contribution is 5.98. The van der Waals surface area contributed by atoms with Crippen LogP contribution in [0.2, 0.25) is 0 Å². The molecule has 3 N–H and O–H groups in total. The fraction of sp³-hybridized carbons (Fsp3) is 0.429. The van der Waals surface area contributed by atoms with Crippen molar-refractivity contribution in [3.63, 3.8) is 0 Å². The molecule has 2 aromatic rings. The van der Waals surface area contributed by atoms with Gasteiger partial charge in [0.2, 0.25) is 0 Å². The van der Waals surface area contributed by atoms with Crippen molar-refractivity contribution < 1.29 is 9.90 Å². The first kappa shape index (κ1) is 12.2. The van der Waals surface area contributed by atoms with Gasteiger partial charge in [-0.2, -0.15) is 5.10 Å². The van der Waals surface area contributed by atoms with Crippen LogP contribution in [0.5, 0.6) is 0 Å². The lowest BCUT2D eigenvalue weighted by Crippen LogP contribution is -2.37. The van der Waals surface area contributed by atoms with Crippen molar-refractivity contribution in [2.75, 3.05) is 6.61 Å². The first-order valence-electron chi connectivity index (χ1n) is 6.63. The molecule has 0 radical (unpaired) electrons. The van der Waals surface area contributed by atoms with Gasteiger partial charge >= 0.3 is 0 Å². The zero-order valence-electron chi connectivity index (χ0n) is 10.6. The van der Waals surface area contributed by atoms with Crippen LogP contribution in [0.15, 0.2) is 24.4 Å². The summed E-state index contributed by atoms with van der Waals surface area (Å²) in [5.41, 5.74) is 1.56. The first-order chi connectivity index (χ1) is 9.28. The van der Waals surface area contributed by atoms with Crippen LogP contribution in [0, 0.1) is 5.92 Å². The zero-order chi connectivity index (χ0) is 13.2. The van der Waals surface area contributed by atoms with Crippen LogP contribution in [-0.4, -0.2) is 33.9 Å². The average Bonchev–Trinajstić information content (AvgIpc) is 3.15. The molecule has 0 aliphatic heterocycles. The van der Waals surface area contributed by atoms with Gasteiger partial charge in [0.15, 0.2) is 0 Å². The van der Waals surface area contributed by atoms with Crippen LogP contribution in [-0.2, 0) is 0 Å². The number of benzene rings is 1. The number of hydrogen-bond donors (Lipinski definition) is 3. The van der Waals surface area contributed by atoms with E-state index in [0.717, 1.165) is 23.7 Å². The van der Waals surface area contributed by atoms with Gasteiger partial charge < -0.3 is 10.4 Å². The lowest BCUT2D eigenvalue weighted by atomic mass is 10.1. The molecule has 1 amide bonds. The Morgan fingerprint density at radius 2 is 2.37 bits per heavy atom. The molecule has 5 nitrogen and oxygen atoms in total. The molecule has 1 atom stereocenters. The summed E-state index contributed by atoms with van der Waals surface area (Å²) < 4.78 is 0. The standard InChI is InChI=1S/C14H17N3O2/c18-6-5-12(9-1-2-9)16-14(19)10-3-4-13-11(7-10)8-15-17-13/h3-4,7-9,12,18H,1-2,5-6H2,(H,15,17)(H,16,19). The van der Waals surface area contributed by atoms with Gasteiger partial charge in [0.05, 0.1) is 11.7 Å². The molecule has 1 aromatic heterocycles. The molecule has 1 unspecified atom stereocenters. The smallest absolute Gasteiger partial charge is 0.251 e. The van der Waals surface area contributed by atoms with Crippen molar-refractivity contribution in [3.8, 4) is 0 Å². The average molecular weight is 259 g/mol. The fourth-order valence-electron chi connectivity index (χ4n) is 2.40. The number of rotatable bonds is 5. The minimum atomic E-state index is -0.0755. The molecule has 1 heterocycles. The number of fused-ring (bicyclic) bond motifs is 1. The Hall–Kier alpha value is -1.88. The number of carbonyl (C=O) groups is 1. The van der Waals surface area contributed by atoms with E-state index in [-0.39, 0.29) is 18.6 Å². The van der Waals surface area contributed by atoms with Crippen LogP contribution < -0.4 is 5.32 Å². The normalized spacial score (nSPS) is 16.5. The summed E-state index contributed by atoms with van der Waals surface area (Å²) >= 11 is 0. The Morgan fingerprint density at radius 3 is 3.11 bits per heavy atom. The highest BCUT2D eigenvalue weighted by Crippen LogP contribution is 2.34. The molecule has 0 spiro atoms. The molecule has 1 saturated carbocycles. The molecule has 1 fully saturated rings. The van der Waals surface area contributed by atoms with E-state index in [1.165, 1.54) is 0 Å². The molecular formula is C14H17N3O2. The van der Waals surface area contributed by atoms with Gasteiger partial charge in [-0.1, -0.05) is 0 Å². The van der Waals surface area contributed by atoms with Crippen LogP contribution in [0.25, 0.3) is 10.9 Å². The number of hydrogen-bond acceptors (Lipinski definition) is 3. The maximum atomic E-state index is 12.2. The van der Waals surface area contributed by atoms with Gasteiger partial charge in [-0.05, 0) is 43.4 Å². The molecule has 100 valence electrons. The monoisotopic (exact) mass is 259 g/mol. The number of aromatic nitrogens is 2. The predicted octanol–water partition coefficient (Wildman–Crippen LogP) is 1.45. The number of nitrogens with one attached hydrogen (secondary N) is 2. The van der Waals surface area contributed by atoms with Crippen LogP contribution >= 0.6 is 0 Å². The zero-order valence-corrected chi connectivity index (χ0v) is 10.6. The molecule has 1 aliphatic carbocycles. The Balaban J connectivity index is 1.74. The largest absolute Gasteiger partial charge is 0.396 e. The maximum Gasteiger partial charge on any atom is 0.251 e. The van der Waals surface area contributed by atoms with E-state index in [4.69, 9.17) is 5.11 Å². The van der Waals surface area contributed by atoms with E-state index in [1.54, 1.807) is 12.3 Å². The lowest BCUT2D eigenvalue weighted by Gasteiger charge is -2.17. The maximum absolute atomic E-state index is 12.2. The molecule has 1 aliphatic rings. The predicted molar refractivity (Wildman–Crippen MR) is 71.8 cm³/mol. The fourth-order valence-corrected chi connectivity index (χ4v) is 2.40. The van der Waals surface area contributed by atoms with Gasteiger partial charge in [-0.15, -0.1) is 0 Å². The van der Waals surface area contributed by atoms with Gasteiger partial charge in [-0.3, -0.25) is 9.89 Å². The van der Waals surface area contributed by atoms with E-state index in [0.29, 0.717) is 17.9 Å². The number of H-pyrrole nitrogens is 1. The molecule has 0 bridgehead atoms. The SMILES string of the molecule is O=C(NC(CCO)C1CC1)c1ccc2[nH]ncc2c1. The minimum absolute atomic E-state index is 0.0755. The number of carbonyl (C=O) groups excluding carboxylic acids is 1. The number of amides is 1. The number of nitrogens with zero attached hydrogens (tertiary/aromatic N) is 1. The second-order valence-electron chi connectivity index (χ2n) is 5.10. The second-order valence-corrected chi connectivity index (χ2v) is 5.10. The van der Waals surface area contributed by atoms with Crippen molar-refractivity contribution in [1.82, 2.24) is 15.5 Å². The third kappa shape index (κ3) is 2.61. The van der Waals surface area contributed by atoms with Crippen molar-refractivity contribution in [3.05, 3.63) is 30.0 Å². The van der Waals surface area contributed by atoms with Gasteiger partial charge in [0.25, 0.3) is 5.91 Å². The molecular weight excluding hydrogens is 242 g/mol. The van der Waals surface area contributed by atoms with Gasteiger partial charge in [-0.25, -0.2) is 0 Å². The number of aliphatic hydroxyl groups excluding tert-OH is 1. The van der Waals surface area contributed by atoms with Gasteiger partial charge in [0.1, 0.15) is 0 Å². The Kier molecular flexibility index (Phi) is 3.21. The number of aliphatic hydroxyl groups is 1. The van der Waals surface area contributed by atoms with Crippen LogP contribution in [0.3, 0.4) is 0 Å². The Bertz CT molecular complexity index is 589. The highest BCUT2D eigenvalue weighted by atomic mass is 16.3. The molecule has 0 saturated heterocycles. The van der Waals surface area contributed by atoms with E-state index < -0.39 is 0 Å². The summed E-state index contributed by atoms with van der Waals surface area (Å²) in [6, 6.07) is 5.57. The van der Waals surface area contributed by atoms with Crippen molar-refractivity contribution in [2.24, 2.45) is 5.92 Å². The van der Waals surface area contributed by atoms with Crippen LogP contribution in [0.4, 0.5) is 0 Å². The summed E-state index contributed by atoms with van der Waals surface area (Å²) in [5.74, 6) is 0.460. The minimum Gasteiger partial charge on any atom is -0.396 e. The van der Waals surface area contributed by atoms with E-state index in [9.17, 15) is 4.79 Å². The van der Waals surface area contributed by atoms with Gasteiger partial charge in [0, 0.05) is 23.6 Å². The number of aromatic amines is 1. The third-order valence-electron chi connectivity index (χ3n) is 3.65. The van der Waals surface area contributed by atoms with E-state index in [1.807, 2.05) is 12.1 Å². The lowest BCUT2D eigenvalue weighted by molar-refractivity contribution is 0.0924. The van der Waals surface area contributed by atoms with Crippen molar-refractivity contribution in [1.29, 1.82) is 0 Å². The summed E-state index contributed by atoms with van der Waals surface area (Å²) in [6.45, 7) is 0.113. The molecule has 5 heteroatoms. The quantitative estimate of drug-likeness (QED) is 0.760. The third-order valence-corrected chi connectivity index (χ3v) is 3.65. The Morgan fingerprint density at radius 1 is 1.53 bits per heavy atom. The molecule has 19 heavy (non-hydrogen) atoms. The van der Waals surface area contributed by atoms with E-state index >= 15 is 0 Å². The summed E-state index contributed by atoms with van der Waals surface area (Å²) in [7, 11) is 0. The van der Waals surface area contributed by atoms with E-state index in [2.05, 4.69) is 15.5 Å². The van der Waals surface area contributed by atoms with Crippen LogP contribution in [0.1, 0.15) is 29.6 Å². The first-order valence-corrected chi connectivity index (χ1v) is 6.63. The Labute approximate surface area is 111 Å². The molecule has 1 aromatic carbocycles. The topological polar surface area (TPSA) is 78.0 Å². The highest BCUT2D eigenvalue weighted by Gasteiger charge is 2.31. The van der Waals surface area contributed by atoms with Crippen molar-refractivity contribution in [2.45, 2.75) is 25.3 Å². The molecule has 3 rings (SSSR count). The summed E-state index contributed by atoms with van der Waals surface area (Å²) in [6.07, 6.45) is 4.62.